The summed E-state index contributed by atoms with van der Waals surface area (Å²) in [4.78, 5) is 75.0. The molecular formula is C2H4N8O26Zr2. The predicted octanol–water partition coefficient (Wildman–Crippen LogP) is -1.83. The van der Waals surface area contributed by atoms with Crippen LogP contribution in [0.25, 0.3) is 0 Å². The van der Waals surface area contributed by atoms with E-state index in [0.29, 0.717) is 0 Å². The van der Waals surface area contributed by atoms with E-state index in [1.54, 1.807) is 0 Å². The summed E-state index contributed by atoms with van der Waals surface area (Å²) in [6.07, 6.45) is 0. The van der Waals surface area contributed by atoms with Crippen molar-refractivity contribution >= 4 is 5.97 Å². The zero-order valence-electron chi connectivity index (χ0n) is 16.7. The largest absolute Gasteiger partial charge is 4.00 e. The van der Waals surface area contributed by atoms with Crippen LogP contribution in [0.5, 0.6) is 0 Å². The Morgan fingerprint density at radius 2 is 0.368 bits per heavy atom. The molecule has 0 saturated heterocycles. The number of aliphatic carboxylic acids is 1. The Bertz CT molecular complexity index is 428. The van der Waals surface area contributed by atoms with Crippen LogP contribution in [0.1, 0.15) is 6.92 Å². The van der Waals surface area contributed by atoms with Gasteiger partial charge in [0.15, 0.2) is 0 Å². The van der Waals surface area contributed by atoms with Crippen molar-refractivity contribution in [2.75, 3.05) is 0 Å². The van der Waals surface area contributed by atoms with Gasteiger partial charge in [0.1, 0.15) is 0 Å². The Hall–Kier alpha value is -5.16. The van der Waals surface area contributed by atoms with E-state index in [0.717, 1.165) is 6.92 Å². The summed E-state index contributed by atoms with van der Waals surface area (Å²) in [5.74, 6) is -0.833. The maximum Gasteiger partial charge on any atom is 4.00 e. The van der Waals surface area contributed by atoms with E-state index in [4.69, 9.17) is 132 Å². The van der Waals surface area contributed by atoms with Gasteiger partial charge in [-0.05, 0) is 0 Å². The molecule has 0 spiro atoms. The van der Waals surface area contributed by atoms with Crippen LogP contribution in [0.2, 0.25) is 0 Å². The zero-order chi connectivity index (χ0) is 32.2. The van der Waals surface area contributed by atoms with Crippen LogP contribution in [0.15, 0.2) is 0 Å². The number of carboxylic acid groups (broad SMARTS) is 1. The van der Waals surface area contributed by atoms with Crippen molar-refractivity contribution in [3.8, 4) is 0 Å². The van der Waals surface area contributed by atoms with E-state index in [2.05, 4.69) is 0 Å². The molecule has 0 aliphatic rings. The van der Waals surface area contributed by atoms with Crippen molar-refractivity contribution in [3.63, 3.8) is 0 Å². The molecule has 0 aromatic rings. The fraction of sp³-hybridized carbons (Fsp3) is 0.500. The third kappa shape index (κ3) is 1030. The predicted molar refractivity (Wildman–Crippen MR) is 96.2 cm³/mol. The van der Waals surface area contributed by atoms with Gasteiger partial charge in [-0.2, -0.15) is 0 Å². The second kappa shape index (κ2) is 63.5. The molecule has 0 aliphatic heterocycles. The minimum atomic E-state index is -1.75. The average Bonchev–Trinajstić information content (AvgIpc) is 2.39. The van der Waals surface area contributed by atoms with Crippen molar-refractivity contribution < 1.29 is 103 Å². The van der Waals surface area contributed by atoms with E-state index >= 15 is 0 Å². The number of rotatable bonds is 0. The van der Waals surface area contributed by atoms with E-state index in [9.17, 15) is 0 Å². The minimum absolute atomic E-state index is 0. The molecular weight excluding hydrogens is 735 g/mol. The van der Waals surface area contributed by atoms with E-state index in [-0.39, 0.29) is 52.4 Å². The average molecular weight is 739 g/mol. The third-order valence-electron chi connectivity index (χ3n) is 0. The molecule has 0 aromatic carbocycles. The van der Waals surface area contributed by atoms with Gasteiger partial charge in [0.2, 0.25) is 0 Å². The van der Waals surface area contributed by atoms with Crippen LogP contribution in [-0.2, 0) is 57.2 Å². The molecule has 0 rings (SSSR count). The van der Waals surface area contributed by atoms with Crippen molar-refractivity contribution in [3.05, 3.63) is 123 Å². The molecule has 216 valence electrons. The van der Waals surface area contributed by atoms with Gasteiger partial charge in [0, 0.05) is 6.92 Å². The van der Waals surface area contributed by atoms with Gasteiger partial charge >= 0.3 is 52.4 Å². The normalized spacial score (nSPS) is 5.71. The number of carbonyl (C=O) groups is 1. The zero-order valence-corrected chi connectivity index (χ0v) is 21.6. The topological polar surface area (TPSA) is 567 Å². The Labute approximate surface area is 238 Å². The smallest absolute Gasteiger partial charge is 0.481 e. The van der Waals surface area contributed by atoms with Gasteiger partial charge in [0.25, 0.3) is 5.97 Å². The van der Waals surface area contributed by atoms with Gasteiger partial charge in [-0.3, -0.25) is 4.79 Å². The molecule has 0 amide bonds. The molecule has 0 heterocycles. The van der Waals surface area contributed by atoms with E-state index < -0.39 is 46.7 Å². The molecule has 38 heavy (non-hydrogen) atoms. The number of carboxylic acids is 1. The molecule has 0 radical (unpaired) electrons. The molecule has 0 atom stereocenters. The molecule has 0 unspecified atom stereocenters. The van der Waals surface area contributed by atoms with E-state index in [1.807, 2.05) is 0 Å². The fourth-order valence-corrected chi connectivity index (χ4v) is 0. The van der Waals surface area contributed by atoms with Crippen LogP contribution in [-0.4, -0.2) is 51.8 Å². The molecule has 0 saturated carbocycles. The maximum atomic E-state index is 9.00. The first-order valence-electron chi connectivity index (χ1n) is 5.31. The standard InChI is InChI=1S/C2H4O2.8NO3.2Zr/c1-2(3)4;8*2-1(3)4;;/h1H3,(H,3,4);;;;;;;;;;/q;8*-1;2*+4. The number of hydrogen-bond acceptors (Lipinski definition) is 25. The van der Waals surface area contributed by atoms with Crippen molar-refractivity contribution in [2.45, 2.75) is 6.92 Å². The molecule has 36 heteroatoms. The summed E-state index contributed by atoms with van der Waals surface area (Å²) < 4.78 is 0. The van der Waals surface area contributed by atoms with Crippen LogP contribution in [0, 0.1) is 123 Å². The van der Waals surface area contributed by atoms with Crippen LogP contribution >= 0.6 is 0 Å². The number of hydrogen-bond donors (Lipinski definition) is 1. The summed E-state index contributed by atoms with van der Waals surface area (Å²) in [6, 6.07) is 0. The fourth-order valence-electron chi connectivity index (χ4n) is 0. The second-order valence-electron chi connectivity index (χ2n) is 2.31. The molecule has 0 aliphatic carbocycles. The first-order valence-corrected chi connectivity index (χ1v) is 5.31. The summed E-state index contributed by atoms with van der Waals surface area (Å²) in [6.45, 7) is 1.08. The SMILES string of the molecule is CC(=O)O.O=[N+]([O-])[O-].O=[N+]([O-])[O-].O=[N+]([O-])[O-].O=[N+]([O-])[O-].O=[N+]([O-])[O-].O=[N+]([O-])[O-].O=[N+]([O-])[O-].O=[N+]([O-])[O-].[Zr+4].[Zr+4]. The van der Waals surface area contributed by atoms with Crippen molar-refractivity contribution in [1.29, 1.82) is 0 Å². The van der Waals surface area contributed by atoms with Gasteiger partial charge in [-0.15, -0.1) is 0 Å². The molecule has 1 N–H and O–H groups in total. The van der Waals surface area contributed by atoms with Crippen molar-refractivity contribution in [1.82, 2.24) is 0 Å². The van der Waals surface area contributed by atoms with Crippen molar-refractivity contribution in [2.24, 2.45) is 0 Å². The first-order chi connectivity index (χ1) is 15.6. The summed E-state index contributed by atoms with van der Waals surface area (Å²) in [5, 5.41) is 125. The number of nitrogens with zero attached hydrogens (tertiary/aromatic N) is 8. The Morgan fingerprint density at radius 3 is 0.368 bits per heavy atom. The molecule has 0 fully saturated rings. The second-order valence-corrected chi connectivity index (χ2v) is 2.31. The summed E-state index contributed by atoms with van der Waals surface area (Å²) >= 11 is 0. The first kappa shape index (κ1) is 69.8. The third-order valence-corrected chi connectivity index (χ3v) is 0. The molecule has 0 bridgehead atoms. The van der Waals surface area contributed by atoms with Gasteiger partial charge in [-0.1, -0.05) is 0 Å². The molecule has 34 nitrogen and oxygen atoms in total. The Morgan fingerprint density at radius 1 is 0.368 bits per heavy atom. The van der Waals surface area contributed by atoms with Crippen LogP contribution < -0.4 is 0 Å². The van der Waals surface area contributed by atoms with Gasteiger partial charge < -0.3 is 128 Å². The van der Waals surface area contributed by atoms with Gasteiger partial charge in [-0.25, -0.2) is 0 Å². The minimum Gasteiger partial charge on any atom is -0.481 e. The Kier molecular flexibility index (Phi) is 117. The monoisotopic (exact) mass is 736 g/mol. The summed E-state index contributed by atoms with van der Waals surface area (Å²) in [5.41, 5.74) is 0. The summed E-state index contributed by atoms with van der Waals surface area (Å²) in [7, 11) is 0. The van der Waals surface area contributed by atoms with Crippen LogP contribution in [0.3, 0.4) is 0 Å². The Balaban J connectivity index is -0.0000000238. The van der Waals surface area contributed by atoms with E-state index in [1.165, 1.54) is 0 Å². The molecule has 0 aromatic heterocycles. The van der Waals surface area contributed by atoms with Crippen LogP contribution in [0.4, 0.5) is 0 Å². The quantitative estimate of drug-likeness (QED) is 0.211. The van der Waals surface area contributed by atoms with Gasteiger partial charge in [0.05, 0.1) is 40.7 Å². The maximum absolute atomic E-state index is 9.00.